The molecule has 0 bridgehead atoms. The zero-order chi connectivity index (χ0) is 16.4. The maximum Gasteiger partial charge on any atom is 0.278 e. The van der Waals surface area contributed by atoms with Gasteiger partial charge >= 0.3 is 0 Å². The molecule has 1 N–H and O–H groups in total. The lowest BCUT2D eigenvalue weighted by Gasteiger charge is -2.01. The summed E-state index contributed by atoms with van der Waals surface area (Å²) in [4.78, 5) is 20.3. The number of hydrogen-bond acceptors (Lipinski definition) is 4. The van der Waals surface area contributed by atoms with Gasteiger partial charge in [-0.25, -0.2) is 9.97 Å². The summed E-state index contributed by atoms with van der Waals surface area (Å²) in [7, 11) is 0. The molecule has 1 amide bonds. The van der Waals surface area contributed by atoms with Crippen LogP contribution >= 0.6 is 39.1 Å². The lowest BCUT2D eigenvalue weighted by molar-refractivity contribution is 0.102. The van der Waals surface area contributed by atoms with E-state index in [1.165, 1.54) is 6.26 Å². The lowest BCUT2D eigenvalue weighted by Crippen LogP contribution is -2.13. The number of aromatic nitrogens is 2. The minimum Gasteiger partial charge on any atom is -0.444 e. The first-order valence-corrected chi connectivity index (χ1v) is 7.91. The number of amides is 1. The molecule has 0 aliphatic carbocycles. The minimum absolute atomic E-state index is 0.135. The number of halogens is 3. The molecule has 3 aromatic rings. The van der Waals surface area contributed by atoms with Crippen LogP contribution in [0.5, 0.6) is 0 Å². The second kappa shape index (κ2) is 6.70. The molecule has 0 fully saturated rings. The van der Waals surface area contributed by atoms with E-state index in [9.17, 15) is 4.79 Å². The molecular formula is C15H8BrCl2N3O2. The van der Waals surface area contributed by atoms with Crippen LogP contribution in [0.4, 0.5) is 5.82 Å². The molecule has 2 aromatic heterocycles. The molecule has 0 aliphatic rings. The summed E-state index contributed by atoms with van der Waals surface area (Å²) < 4.78 is 6.14. The van der Waals surface area contributed by atoms with E-state index in [4.69, 9.17) is 27.6 Å². The van der Waals surface area contributed by atoms with E-state index in [0.717, 1.165) is 4.47 Å². The van der Waals surface area contributed by atoms with Crippen molar-refractivity contribution in [2.24, 2.45) is 0 Å². The van der Waals surface area contributed by atoms with Gasteiger partial charge in [-0.05, 0) is 46.3 Å². The zero-order valence-electron chi connectivity index (χ0n) is 11.4. The Hall–Kier alpha value is -1.89. The number of benzene rings is 1. The van der Waals surface area contributed by atoms with E-state index in [2.05, 4.69) is 31.2 Å². The van der Waals surface area contributed by atoms with E-state index >= 15 is 0 Å². The van der Waals surface area contributed by atoms with Gasteiger partial charge in [0.05, 0.1) is 10.0 Å². The lowest BCUT2D eigenvalue weighted by atomic mass is 10.2. The first-order valence-electron chi connectivity index (χ1n) is 6.37. The van der Waals surface area contributed by atoms with Crippen LogP contribution in [0, 0.1) is 0 Å². The van der Waals surface area contributed by atoms with Gasteiger partial charge in [-0.3, -0.25) is 4.79 Å². The van der Waals surface area contributed by atoms with Crippen molar-refractivity contribution in [3.05, 3.63) is 63.0 Å². The molecule has 1 aromatic carbocycles. The molecule has 8 heteroatoms. The van der Waals surface area contributed by atoms with Gasteiger partial charge in [0.15, 0.2) is 5.69 Å². The Labute approximate surface area is 149 Å². The van der Waals surface area contributed by atoms with Crippen LogP contribution in [0.15, 0.2) is 51.7 Å². The number of anilines is 1. The normalized spacial score (nSPS) is 10.6. The third kappa shape index (κ3) is 3.72. The smallest absolute Gasteiger partial charge is 0.278 e. The fourth-order valence-corrected chi connectivity index (χ4v) is 2.30. The number of nitrogens with one attached hydrogen (secondary N) is 1. The molecule has 0 saturated carbocycles. The highest BCUT2D eigenvalue weighted by molar-refractivity contribution is 9.10. The van der Waals surface area contributed by atoms with Gasteiger partial charge in [0.25, 0.3) is 5.91 Å². The number of hydrogen-bond donors (Lipinski definition) is 1. The van der Waals surface area contributed by atoms with E-state index in [-0.39, 0.29) is 11.6 Å². The molecule has 23 heavy (non-hydrogen) atoms. The Kier molecular flexibility index (Phi) is 4.66. The van der Waals surface area contributed by atoms with E-state index < -0.39 is 5.91 Å². The average molecular weight is 413 g/mol. The number of oxazole rings is 1. The predicted molar refractivity (Wildman–Crippen MR) is 91.8 cm³/mol. The van der Waals surface area contributed by atoms with Gasteiger partial charge in [-0.1, -0.05) is 23.2 Å². The van der Waals surface area contributed by atoms with Crippen molar-refractivity contribution in [1.29, 1.82) is 0 Å². The molecule has 116 valence electrons. The summed E-state index contributed by atoms with van der Waals surface area (Å²) in [6, 6.07) is 8.40. The molecule has 2 heterocycles. The third-order valence-electron chi connectivity index (χ3n) is 2.87. The van der Waals surface area contributed by atoms with Crippen LogP contribution in [-0.2, 0) is 0 Å². The summed E-state index contributed by atoms with van der Waals surface area (Å²) in [5.74, 6) is 0.268. The van der Waals surface area contributed by atoms with Crippen molar-refractivity contribution < 1.29 is 9.21 Å². The molecule has 0 spiro atoms. The average Bonchev–Trinajstić information content (AvgIpc) is 3.02. The monoisotopic (exact) mass is 411 g/mol. The van der Waals surface area contributed by atoms with Gasteiger partial charge in [0, 0.05) is 16.2 Å². The topological polar surface area (TPSA) is 68.0 Å². The summed E-state index contributed by atoms with van der Waals surface area (Å²) in [6.07, 6.45) is 2.85. The Morgan fingerprint density at radius 1 is 1.17 bits per heavy atom. The van der Waals surface area contributed by atoms with Gasteiger partial charge < -0.3 is 9.73 Å². The highest BCUT2D eigenvalue weighted by atomic mass is 79.9. The van der Waals surface area contributed by atoms with Gasteiger partial charge in [-0.15, -0.1) is 0 Å². The van der Waals surface area contributed by atoms with E-state index in [0.29, 0.717) is 21.4 Å². The number of nitrogens with zero attached hydrogens (tertiary/aromatic N) is 2. The van der Waals surface area contributed by atoms with E-state index in [1.807, 2.05) is 0 Å². The molecule has 0 atom stereocenters. The second-order valence-corrected chi connectivity index (χ2v) is 6.21. The highest BCUT2D eigenvalue weighted by Gasteiger charge is 2.15. The quantitative estimate of drug-likeness (QED) is 0.652. The summed E-state index contributed by atoms with van der Waals surface area (Å²) in [6.45, 7) is 0. The minimum atomic E-state index is -0.421. The molecule has 5 nitrogen and oxygen atoms in total. The van der Waals surface area contributed by atoms with Crippen LogP contribution in [0.2, 0.25) is 10.0 Å². The van der Waals surface area contributed by atoms with Gasteiger partial charge in [-0.2, -0.15) is 0 Å². The SMILES string of the molecule is O=C(Nc1ccc(Br)cn1)c1coc(-c2ccc(Cl)c(Cl)c2)n1. The highest BCUT2D eigenvalue weighted by Crippen LogP contribution is 2.28. The van der Waals surface area contributed by atoms with Gasteiger partial charge in [0.1, 0.15) is 12.1 Å². The van der Waals surface area contributed by atoms with Crippen LogP contribution in [-0.4, -0.2) is 15.9 Å². The van der Waals surface area contributed by atoms with Crippen LogP contribution < -0.4 is 5.32 Å². The summed E-state index contributed by atoms with van der Waals surface area (Å²) in [5.41, 5.74) is 0.760. The molecule has 0 radical (unpaired) electrons. The van der Waals surface area contributed by atoms with Crippen molar-refractivity contribution in [3.63, 3.8) is 0 Å². The molecule has 0 unspecified atom stereocenters. The number of pyridine rings is 1. The van der Waals surface area contributed by atoms with Crippen LogP contribution in [0.1, 0.15) is 10.5 Å². The number of rotatable bonds is 3. The van der Waals surface area contributed by atoms with Crippen molar-refractivity contribution in [3.8, 4) is 11.5 Å². The fraction of sp³-hybridized carbons (Fsp3) is 0. The zero-order valence-corrected chi connectivity index (χ0v) is 14.5. The van der Waals surface area contributed by atoms with Crippen molar-refractivity contribution in [2.75, 3.05) is 5.32 Å². The van der Waals surface area contributed by atoms with Crippen LogP contribution in [0.3, 0.4) is 0 Å². The first-order chi connectivity index (χ1) is 11.0. The van der Waals surface area contributed by atoms with Crippen LogP contribution in [0.25, 0.3) is 11.5 Å². The molecular weight excluding hydrogens is 405 g/mol. The Balaban J connectivity index is 1.79. The maximum atomic E-state index is 12.1. The first kappa shape index (κ1) is 16.0. The van der Waals surface area contributed by atoms with Crippen molar-refractivity contribution in [1.82, 2.24) is 9.97 Å². The van der Waals surface area contributed by atoms with Crippen molar-refractivity contribution >= 4 is 50.9 Å². The van der Waals surface area contributed by atoms with Crippen molar-refractivity contribution in [2.45, 2.75) is 0 Å². The molecule has 0 aliphatic heterocycles. The second-order valence-electron chi connectivity index (χ2n) is 4.48. The fourth-order valence-electron chi connectivity index (χ4n) is 1.77. The number of carbonyl (C=O) groups is 1. The predicted octanol–water partition coefficient (Wildman–Crippen LogP) is 5.06. The summed E-state index contributed by atoms with van der Waals surface area (Å²) in [5, 5.41) is 3.44. The van der Waals surface area contributed by atoms with Gasteiger partial charge in [0.2, 0.25) is 5.89 Å². The Morgan fingerprint density at radius 2 is 2.00 bits per heavy atom. The van der Waals surface area contributed by atoms with E-state index in [1.54, 1.807) is 36.5 Å². The largest absolute Gasteiger partial charge is 0.444 e. The Bertz CT molecular complexity index is 865. The molecule has 3 rings (SSSR count). The molecule has 0 saturated heterocycles. The summed E-state index contributed by atoms with van der Waals surface area (Å²) >= 11 is 15.1. The standard InChI is InChI=1S/C15H8BrCl2N3O2/c16-9-2-4-13(19-6-9)21-14(22)12-7-23-15(20-12)8-1-3-10(17)11(18)5-8/h1-7H,(H,19,21,22). The third-order valence-corrected chi connectivity index (χ3v) is 4.08. The maximum absolute atomic E-state index is 12.1. The number of carbonyl (C=O) groups excluding carboxylic acids is 1. The Morgan fingerprint density at radius 3 is 2.70 bits per heavy atom.